The van der Waals surface area contributed by atoms with Gasteiger partial charge in [0.2, 0.25) is 0 Å². The zero-order valence-corrected chi connectivity index (χ0v) is 11.1. The Balaban J connectivity index is 1.63. The number of aromatic nitrogens is 1. The van der Waals surface area contributed by atoms with Crippen LogP contribution < -0.4 is 5.32 Å². The first-order chi connectivity index (χ1) is 8.86. The highest BCUT2D eigenvalue weighted by atomic mass is 15.2. The van der Waals surface area contributed by atoms with E-state index in [0.29, 0.717) is 5.54 Å². The van der Waals surface area contributed by atoms with E-state index in [4.69, 9.17) is 0 Å². The molecule has 0 aromatic carbocycles. The molecule has 1 aromatic rings. The molecular weight excluding hydrogens is 222 g/mol. The van der Waals surface area contributed by atoms with Crippen molar-refractivity contribution in [2.24, 2.45) is 0 Å². The van der Waals surface area contributed by atoms with E-state index < -0.39 is 0 Å². The Morgan fingerprint density at radius 1 is 1.28 bits per heavy atom. The predicted octanol–water partition coefficient (Wildman–Crippen LogP) is 2.19. The molecule has 2 fully saturated rings. The molecule has 1 aliphatic heterocycles. The largest absolute Gasteiger partial charge is 0.309 e. The molecular formula is C15H23N3. The molecule has 2 aliphatic rings. The minimum Gasteiger partial charge on any atom is -0.309 e. The first kappa shape index (κ1) is 12.1. The van der Waals surface area contributed by atoms with Crippen LogP contribution in [0.4, 0.5) is 0 Å². The minimum absolute atomic E-state index is 0.415. The molecule has 3 heteroatoms. The molecule has 1 saturated carbocycles. The van der Waals surface area contributed by atoms with Crippen LogP contribution in [0.15, 0.2) is 24.5 Å². The molecule has 0 amide bonds. The molecule has 0 unspecified atom stereocenters. The van der Waals surface area contributed by atoms with Gasteiger partial charge in [-0.3, -0.25) is 9.88 Å². The SMILES string of the molecule is c1cncc(CN2CCNC3(CCCCC3)C2)c1. The molecule has 18 heavy (non-hydrogen) atoms. The van der Waals surface area contributed by atoms with Gasteiger partial charge in [-0.2, -0.15) is 0 Å². The van der Waals surface area contributed by atoms with E-state index in [0.717, 1.165) is 19.6 Å². The molecule has 0 atom stereocenters. The second kappa shape index (κ2) is 5.37. The van der Waals surface area contributed by atoms with E-state index in [-0.39, 0.29) is 0 Å². The van der Waals surface area contributed by atoms with Gasteiger partial charge in [0.15, 0.2) is 0 Å². The van der Waals surface area contributed by atoms with Crippen molar-refractivity contribution in [1.29, 1.82) is 0 Å². The molecule has 98 valence electrons. The van der Waals surface area contributed by atoms with Crippen LogP contribution in [0.5, 0.6) is 0 Å². The average molecular weight is 245 g/mol. The lowest BCUT2D eigenvalue weighted by Gasteiger charge is -2.46. The van der Waals surface area contributed by atoms with E-state index in [9.17, 15) is 0 Å². The second-order valence-corrected chi connectivity index (χ2v) is 5.84. The smallest absolute Gasteiger partial charge is 0.0312 e. The Labute approximate surface area is 110 Å². The fraction of sp³-hybridized carbons (Fsp3) is 0.667. The third kappa shape index (κ3) is 2.73. The highest BCUT2D eigenvalue weighted by Gasteiger charge is 2.35. The molecule has 2 heterocycles. The number of hydrogen-bond acceptors (Lipinski definition) is 3. The summed E-state index contributed by atoms with van der Waals surface area (Å²) in [6.45, 7) is 4.57. The van der Waals surface area contributed by atoms with Crippen molar-refractivity contribution >= 4 is 0 Å². The van der Waals surface area contributed by atoms with Crippen LogP contribution in [0.3, 0.4) is 0 Å². The average Bonchev–Trinajstić information content (AvgIpc) is 2.41. The minimum atomic E-state index is 0.415. The van der Waals surface area contributed by atoms with Crippen LogP contribution in [0.2, 0.25) is 0 Å². The molecule has 1 aromatic heterocycles. The maximum atomic E-state index is 4.21. The summed E-state index contributed by atoms with van der Waals surface area (Å²) < 4.78 is 0. The number of hydrogen-bond donors (Lipinski definition) is 1. The number of piperazine rings is 1. The van der Waals surface area contributed by atoms with Gasteiger partial charge in [0, 0.05) is 44.1 Å². The van der Waals surface area contributed by atoms with Gasteiger partial charge in [0.05, 0.1) is 0 Å². The normalized spacial score (nSPS) is 24.2. The van der Waals surface area contributed by atoms with Crippen molar-refractivity contribution in [1.82, 2.24) is 15.2 Å². The molecule has 1 spiro atoms. The van der Waals surface area contributed by atoms with Crippen molar-refractivity contribution in [3.05, 3.63) is 30.1 Å². The van der Waals surface area contributed by atoms with Gasteiger partial charge in [-0.15, -0.1) is 0 Å². The summed E-state index contributed by atoms with van der Waals surface area (Å²) >= 11 is 0. The summed E-state index contributed by atoms with van der Waals surface area (Å²) in [5, 5.41) is 3.79. The van der Waals surface area contributed by atoms with Crippen LogP contribution in [0, 0.1) is 0 Å². The van der Waals surface area contributed by atoms with Crippen molar-refractivity contribution < 1.29 is 0 Å². The van der Waals surface area contributed by atoms with Crippen LogP contribution in [-0.4, -0.2) is 35.1 Å². The van der Waals surface area contributed by atoms with Crippen LogP contribution >= 0.6 is 0 Å². The molecule has 3 rings (SSSR count). The van der Waals surface area contributed by atoms with Gasteiger partial charge in [-0.05, 0) is 24.5 Å². The lowest BCUT2D eigenvalue weighted by molar-refractivity contribution is 0.0944. The molecule has 1 aliphatic carbocycles. The van der Waals surface area contributed by atoms with Crippen molar-refractivity contribution in [2.45, 2.75) is 44.2 Å². The summed E-state index contributed by atoms with van der Waals surface area (Å²) in [6.07, 6.45) is 10.8. The Kier molecular flexibility index (Phi) is 3.62. The van der Waals surface area contributed by atoms with E-state index in [2.05, 4.69) is 21.3 Å². The third-order valence-electron chi connectivity index (χ3n) is 4.39. The lowest BCUT2D eigenvalue weighted by Crippen LogP contribution is -2.60. The van der Waals surface area contributed by atoms with E-state index in [1.807, 2.05) is 18.5 Å². The summed E-state index contributed by atoms with van der Waals surface area (Å²) in [7, 11) is 0. The summed E-state index contributed by atoms with van der Waals surface area (Å²) in [5.74, 6) is 0. The monoisotopic (exact) mass is 245 g/mol. The van der Waals surface area contributed by atoms with Crippen LogP contribution in [-0.2, 0) is 6.54 Å². The van der Waals surface area contributed by atoms with Gasteiger partial charge in [-0.25, -0.2) is 0 Å². The van der Waals surface area contributed by atoms with Gasteiger partial charge < -0.3 is 5.32 Å². The maximum Gasteiger partial charge on any atom is 0.0312 e. The van der Waals surface area contributed by atoms with Crippen LogP contribution in [0.25, 0.3) is 0 Å². The van der Waals surface area contributed by atoms with Crippen LogP contribution in [0.1, 0.15) is 37.7 Å². The molecule has 3 nitrogen and oxygen atoms in total. The number of pyridine rings is 1. The highest BCUT2D eigenvalue weighted by molar-refractivity contribution is 5.09. The quantitative estimate of drug-likeness (QED) is 0.865. The highest BCUT2D eigenvalue weighted by Crippen LogP contribution is 2.30. The predicted molar refractivity (Wildman–Crippen MR) is 73.3 cm³/mol. The standard InChI is InChI=1S/C15H23N3/c1-2-6-15(7-3-1)13-18(10-9-17-15)12-14-5-4-8-16-11-14/h4-5,8,11,17H,1-3,6-7,9-10,12-13H2. The number of nitrogens with zero attached hydrogens (tertiary/aromatic N) is 2. The van der Waals surface area contributed by atoms with E-state index >= 15 is 0 Å². The Hall–Kier alpha value is -0.930. The number of nitrogens with one attached hydrogen (secondary N) is 1. The Bertz CT molecular complexity index is 365. The Morgan fingerprint density at radius 2 is 2.17 bits per heavy atom. The zero-order valence-electron chi connectivity index (χ0n) is 11.1. The first-order valence-corrected chi connectivity index (χ1v) is 7.23. The van der Waals surface area contributed by atoms with Crippen molar-refractivity contribution in [2.75, 3.05) is 19.6 Å². The summed E-state index contributed by atoms with van der Waals surface area (Å²) in [4.78, 5) is 6.81. The molecule has 1 saturated heterocycles. The second-order valence-electron chi connectivity index (χ2n) is 5.84. The summed E-state index contributed by atoms with van der Waals surface area (Å²) in [6, 6.07) is 4.22. The maximum absolute atomic E-state index is 4.21. The Morgan fingerprint density at radius 3 is 2.94 bits per heavy atom. The zero-order chi connectivity index (χ0) is 12.3. The van der Waals surface area contributed by atoms with Gasteiger partial charge in [0.1, 0.15) is 0 Å². The fourth-order valence-corrected chi connectivity index (χ4v) is 3.49. The molecule has 0 radical (unpaired) electrons. The molecule has 1 N–H and O–H groups in total. The fourth-order valence-electron chi connectivity index (χ4n) is 3.49. The van der Waals surface area contributed by atoms with Gasteiger partial charge in [0.25, 0.3) is 0 Å². The van der Waals surface area contributed by atoms with E-state index in [1.165, 1.54) is 44.2 Å². The van der Waals surface area contributed by atoms with E-state index in [1.54, 1.807) is 0 Å². The van der Waals surface area contributed by atoms with Crippen molar-refractivity contribution in [3.8, 4) is 0 Å². The molecule has 0 bridgehead atoms. The van der Waals surface area contributed by atoms with Gasteiger partial charge >= 0.3 is 0 Å². The van der Waals surface area contributed by atoms with Crippen molar-refractivity contribution in [3.63, 3.8) is 0 Å². The lowest BCUT2D eigenvalue weighted by atomic mass is 9.80. The summed E-state index contributed by atoms with van der Waals surface area (Å²) in [5.41, 5.74) is 1.75. The van der Waals surface area contributed by atoms with Gasteiger partial charge in [-0.1, -0.05) is 25.3 Å². The third-order valence-corrected chi connectivity index (χ3v) is 4.39. The first-order valence-electron chi connectivity index (χ1n) is 7.23. The number of rotatable bonds is 2. The topological polar surface area (TPSA) is 28.2 Å².